The number of nitrogens with zero attached hydrogens (tertiary/aromatic N) is 2. The quantitative estimate of drug-likeness (QED) is 0.807. The molecule has 2 aromatic rings. The van der Waals surface area contributed by atoms with Crippen molar-refractivity contribution in [2.45, 2.75) is 18.8 Å². The molecule has 4 N–H and O–H groups in total. The topological polar surface area (TPSA) is 96.7 Å². The highest BCUT2D eigenvalue weighted by Crippen LogP contribution is 2.42. The minimum absolute atomic E-state index is 0.228. The molecular weight excluding hydrogens is 310 g/mol. The van der Waals surface area contributed by atoms with Gasteiger partial charge in [0, 0.05) is 16.6 Å². The lowest BCUT2D eigenvalue weighted by Crippen LogP contribution is -2.15. The third kappa shape index (κ3) is 2.46. The van der Waals surface area contributed by atoms with Crippen LogP contribution < -0.4 is 11.1 Å². The Bertz CT molecular complexity index is 618. The molecule has 0 aromatic carbocycles. The van der Waals surface area contributed by atoms with Gasteiger partial charge in [0.05, 0.1) is 11.4 Å². The van der Waals surface area contributed by atoms with Crippen molar-refractivity contribution < 1.29 is 4.79 Å². The Morgan fingerprint density at radius 3 is 2.89 bits per heavy atom. The van der Waals surface area contributed by atoms with Crippen LogP contribution in [0, 0.1) is 0 Å². The molecule has 1 saturated carbocycles. The van der Waals surface area contributed by atoms with Gasteiger partial charge in [-0.3, -0.25) is 9.89 Å². The molecule has 0 atom stereocenters. The summed E-state index contributed by atoms with van der Waals surface area (Å²) in [7, 11) is 0. The van der Waals surface area contributed by atoms with E-state index in [4.69, 9.17) is 5.73 Å². The van der Waals surface area contributed by atoms with Gasteiger partial charge in [0.15, 0.2) is 5.69 Å². The van der Waals surface area contributed by atoms with Gasteiger partial charge in [-0.25, -0.2) is 4.98 Å². The predicted molar refractivity (Wildman–Crippen MR) is 74.9 cm³/mol. The number of H-pyrrole nitrogens is 1. The SMILES string of the molecule is Nc1c(C(=O)Nc2ccc(Br)cn2)n[nH]c1C1CC1. The van der Waals surface area contributed by atoms with Crippen molar-refractivity contribution in [3.8, 4) is 0 Å². The van der Waals surface area contributed by atoms with Gasteiger partial charge < -0.3 is 11.1 Å². The first kappa shape index (κ1) is 12.2. The minimum atomic E-state index is -0.351. The van der Waals surface area contributed by atoms with Crippen LogP contribution in [-0.4, -0.2) is 21.1 Å². The smallest absolute Gasteiger partial charge is 0.279 e. The van der Waals surface area contributed by atoms with Crippen molar-refractivity contribution >= 4 is 33.3 Å². The predicted octanol–water partition coefficient (Wildman–Crippen LogP) is 2.28. The Morgan fingerprint density at radius 2 is 2.26 bits per heavy atom. The number of rotatable bonds is 3. The van der Waals surface area contributed by atoms with Crippen LogP contribution in [0.15, 0.2) is 22.8 Å². The average molecular weight is 322 g/mol. The maximum atomic E-state index is 12.1. The van der Waals surface area contributed by atoms with Crippen molar-refractivity contribution in [3.05, 3.63) is 34.2 Å². The summed E-state index contributed by atoms with van der Waals surface area (Å²) in [5.41, 5.74) is 7.48. The first-order valence-electron chi connectivity index (χ1n) is 5.92. The number of halogens is 1. The number of aromatic amines is 1. The highest BCUT2D eigenvalue weighted by atomic mass is 79.9. The third-order valence-electron chi connectivity index (χ3n) is 3.00. The van der Waals surface area contributed by atoms with Gasteiger partial charge in [0.1, 0.15) is 5.82 Å². The van der Waals surface area contributed by atoms with E-state index in [0.29, 0.717) is 17.4 Å². The van der Waals surface area contributed by atoms with Crippen LogP contribution in [-0.2, 0) is 0 Å². The average Bonchev–Trinajstić information content (AvgIpc) is 3.15. The van der Waals surface area contributed by atoms with Gasteiger partial charge >= 0.3 is 0 Å². The van der Waals surface area contributed by atoms with E-state index < -0.39 is 0 Å². The number of nitrogens with one attached hydrogen (secondary N) is 2. The van der Waals surface area contributed by atoms with E-state index in [1.807, 2.05) is 0 Å². The zero-order valence-corrected chi connectivity index (χ0v) is 11.6. The lowest BCUT2D eigenvalue weighted by Gasteiger charge is -2.03. The zero-order valence-electron chi connectivity index (χ0n) is 9.98. The molecule has 0 spiro atoms. The Hall–Kier alpha value is -1.89. The standard InChI is InChI=1S/C12H12BrN5O/c13-7-3-4-8(15-5-7)16-12(19)11-9(14)10(17-18-11)6-1-2-6/h3-6H,1-2,14H2,(H,17,18)(H,15,16,19). The van der Waals surface area contributed by atoms with Gasteiger partial charge in [0.25, 0.3) is 5.91 Å². The van der Waals surface area contributed by atoms with Crippen molar-refractivity contribution in [1.29, 1.82) is 0 Å². The fraction of sp³-hybridized carbons (Fsp3) is 0.250. The number of nitrogens with two attached hydrogens (primary N) is 1. The second-order valence-corrected chi connectivity index (χ2v) is 5.41. The van der Waals surface area contributed by atoms with Gasteiger partial charge in [-0.15, -0.1) is 0 Å². The van der Waals surface area contributed by atoms with Crippen molar-refractivity contribution in [3.63, 3.8) is 0 Å². The first-order chi connectivity index (χ1) is 9.15. The van der Waals surface area contributed by atoms with E-state index in [1.54, 1.807) is 18.3 Å². The van der Waals surface area contributed by atoms with Crippen LogP contribution in [0.5, 0.6) is 0 Å². The number of amides is 1. The molecule has 1 fully saturated rings. The van der Waals surface area contributed by atoms with Crippen LogP contribution in [0.2, 0.25) is 0 Å². The van der Waals surface area contributed by atoms with Crippen molar-refractivity contribution in [2.75, 3.05) is 11.1 Å². The summed E-state index contributed by atoms with van der Waals surface area (Å²) in [6, 6.07) is 3.50. The highest BCUT2D eigenvalue weighted by Gasteiger charge is 2.30. The molecule has 0 radical (unpaired) electrons. The molecular formula is C12H12BrN5O. The molecule has 0 aliphatic heterocycles. The molecule has 2 aromatic heterocycles. The number of anilines is 2. The molecule has 0 saturated heterocycles. The molecule has 1 aliphatic carbocycles. The van der Waals surface area contributed by atoms with E-state index in [0.717, 1.165) is 23.0 Å². The summed E-state index contributed by atoms with van der Waals surface area (Å²) in [5, 5.41) is 9.51. The second kappa shape index (κ2) is 4.65. The summed E-state index contributed by atoms with van der Waals surface area (Å²) >= 11 is 3.28. The Morgan fingerprint density at radius 1 is 1.47 bits per heavy atom. The van der Waals surface area contributed by atoms with Gasteiger partial charge in [-0.2, -0.15) is 5.10 Å². The molecule has 0 bridgehead atoms. The van der Waals surface area contributed by atoms with Crippen LogP contribution in [0.4, 0.5) is 11.5 Å². The Kier molecular flexibility index (Phi) is 2.98. The number of carbonyl (C=O) groups is 1. The molecule has 6 nitrogen and oxygen atoms in total. The van der Waals surface area contributed by atoms with Crippen LogP contribution in [0.3, 0.4) is 0 Å². The molecule has 0 unspecified atom stereocenters. The summed E-state index contributed by atoms with van der Waals surface area (Å²) in [4.78, 5) is 16.1. The lowest BCUT2D eigenvalue weighted by atomic mass is 10.2. The molecule has 1 amide bonds. The fourth-order valence-electron chi connectivity index (χ4n) is 1.85. The van der Waals surface area contributed by atoms with Gasteiger partial charge in [0.2, 0.25) is 0 Å². The van der Waals surface area contributed by atoms with E-state index in [-0.39, 0.29) is 11.6 Å². The maximum absolute atomic E-state index is 12.1. The Labute approximate surface area is 117 Å². The fourth-order valence-corrected chi connectivity index (χ4v) is 2.08. The van der Waals surface area contributed by atoms with E-state index in [1.165, 1.54) is 0 Å². The lowest BCUT2D eigenvalue weighted by molar-refractivity contribution is 0.102. The highest BCUT2D eigenvalue weighted by molar-refractivity contribution is 9.10. The normalized spacial score (nSPS) is 14.4. The molecule has 3 rings (SSSR count). The number of hydrogen-bond donors (Lipinski definition) is 3. The summed E-state index contributed by atoms with van der Waals surface area (Å²) < 4.78 is 0.848. The molecule has 7 heteroatoms. The first-order valence-corrected chi connectivity index (χ1v) is 6.71. The number of pyridine rings is 1. The monoisotopic (exact) mass is 321 g/mol. The van der Waals surface area contributed by atoms with Crippen LogP contribution in [0.25, 0.3) is 0 Å². The zero-order chi connectivity index (χ0) is 13.4. The molecule has 2 heterocycles. The molecule has 98 valence electrons. The second-order valence-electron chi connectivity index (χ2n) is 4.49. The van der Waals surface area contributed by atoms with Crippen molar-refractivity contribution in [2.24, 2.45) is 0 Å². The van der Waals surface area contributed by atoms with Gasteiger partial charge in [-0.1, -0.05) is 0 Å². The maximum Gasteiger partial charge on any atom is 0.279 e. The number of carbonyl (C=O) groups excluding carboxylic acids is 1. The van der Waals surface area contributed by atoms with Crippen LogP contribution in [0.1, 0.15) is 34.9 Å². The number of hydrogen-bond acceptors (Lipinski definition) is 4. The molecule has 19 heavy (non-hydrogen) atoms. The van der Waals surface area contributed by atoms with Crippen LogP contribution >= 0.6 is 15.9 Å². The van der Waals surface area contributed by atoms with E-state index in [9.17, 15) is 4.79 Å². The summed E-state index contributed by atoms with van der Waals surface area (Å²) in [5.74, 6) is 0.541. The number of nitrogen functional groups attached to an aromatic ring is 1. The molecule has 1 aliphatic rings. The number of aromatic nitrogens is 3. The Balaban J connectivity index is 1.78. The largest absolute Gasteiger partial charge is 0.395 e. The van der Waals surface area contributed by atoms with Gasteiger partial charge in [-0.05, 0) is 40.9 Å². The minimum Gasteiger partial charge on any atom is -0.395 e. The van der Waals surface area contributed by atoms with Crippen molar-refractivity contribution in [1.82, 2.24) is 15.2 Å². The summed E-state index contributed by atoms with van der Waals surface area (Å²) in [6.45, 7) is 0. The summed E-state index contributed by atoms with van der Waals surface area (Å²) in [6.07, 6.45) is 3.81. The third-order valence-corrected chi connectivity index (χ3v) is 3.47. The van der Waals surface area contributed by atoms with E-state index in [2.05, 4.69) is 36.4 Å². The van der Waals surface area contributed by atoms with E-state index >= 15 is 0 Å².